The first-order chi connectivity index (χ1) is 12.3. The van der Waals surface area contributed by atoms with E-state index in [2.05, 4.69) is 40.4 Å². The summed E-state index contributed by atoms with van der Waals surface area (Å²) >= 11 is 0. The lowest BCUT2D eigenvalue weighted by Crippen LogP contribution is -1.97. The van der Waals surface area contributed by atoms with E-state index >= 15 is 0 Å². The van der Waals surface area contributed by atoms with Gasteiger partial charge in [0.05, 0.1) is 17.9 Å². The van der Waals surface area contributed by atoms with E-state index in [4.69, 9.17) is 0 Å². The van der Waals surface area contributed by atoms with Crippen LogP contribution in [0, 0.1) is 5.41 Å². The number of nitrogens with zero attached hydrogens (tertiary/aromatic N) is 4. The number of para-hydroxylation sites is 1. The lowest BCUT2D eigenvalue weighted by molar-refractivity contribution is 0.838. The van der Waals surface area contributed by atoms with E-state index in [-0.39, 0.29) is 0 Å². The maximum Gasteiger partial charge on any atom is 0.172 e. The fourth-order valence-corrected chi connectivity index (χ4v) is 4.13. The summed E-state index contributed by atoms with van der Waals surface area (Å²) in [7, 11) is 0. The van der Waals surface area contributed by atoms with Crippen molar-refractivity contribution >= 4 is 10.9 Å². The molecule has 2 saturated carbocycles. The van der Waals surface area contributed by atoms with Crippen LogP contribution in [0.1, 0.15) is 30.7 Å². The van der Waals surface area contributed by atoms with Crippen LogP contribution in [-0.4, -0.2) is 19.3 Å². The Morgan fingerprint density at radius 2 is 1.92 bits per heavy atom. The minimum Gasteiger partial charge on any atom is -0.304 e. The first-order valence-corrected chi connectivity index (χ1v) is 8.90. The Labute approximate surface area is 145 Å². The van der Waals surface area contributed by atoms with Gasteiger partial charge >= 0.3 is 0 Å². The molecule has 4 nitrogen and oxygen atoms in total. The molecule has 0 N–H and O–H groups in total. The van der Waals surface area contributed by atoms with Crippen molar-refractivity contribution in [2.75, 3.05) is 0 Å². The lowest BCUT2D eigenvalue weighted by Gasteiger charge is -2.03. The summed E-state index contributed by atoms with van der Waals surface area (Å²) in [4.78, 5) is 4.58. The zero-order chi connectivity index (χ0) is 16.4. The third kappa shape index (κ3) is 2.00. The molecule has 2 aromatic carbocycles. The highest BCUT2D eigenvalue weighted by Gasteiger charge is 2.62. The maximum atomic E-state index is 4.59. The van der Waals surface area contributed by atoms with E-state index in [1.807, 2.05) is 46.2 Å². The minimum absolute atomic E-state index is 0.674. The van der Waals surface area contributed by atoms with Crippen LogP contribution in [0.25, 0.3) is 22.4 Å². The van der Waals surface area contributed by atoms with Gasteiger partial charge < -0.3 is 4.57 Å². The van der Waals surface area contributed by atoms with Crippen LogP contribution in [0.5, 0.6) is 0 Å². The van der Waals surface area contributed by atoms with Crippen molar-refractivity contribution in [1.29, 1.82) is 0 Å². The standard InChI is InChI=1S/C21H18N4/c1-2-4-17(5-3-1)24-13-20(22-14-24)25-19-10-15(6-7-16(19)12-23-25)18-11-21(18)8-9-21/h1-7,10,12-14,18H,8-9,11H2. The molecule has 25 heavy (non-hydrogen) atoms. The second-order valence-electron chi connectivity index (χ2n) is 7.47. The highest BCUT2D eigenvalue weighted by atomic mass is 15.3. The van der Waals surface area contributed by atoms with Gasteiger partial charge in [-0.3, -0.25) is 0 Å². The van der Waals surface area contributed by atoms with E-state index in [0.717, 1.165) is 22.9 Å². The number of imidazole rings is 1. The largest absolute Gasteiger partial charge is 0.304 e. The highest BCUT2D eigenvalue weighted by Crippen LogP contribution is 2.75. The molecule has 1 atom stereocenters. The Kier molecular flexibility index (Phi) is 2.47. The van der Waals surface area contributed by atoms with Gasteiger partial charge in [0.25, 0.3) is 0 Å². The molecule has 0 amide bonds. The van der Waals surface area contributed by atoms with Crippen LogP contribution >= 0.6 is 0 Å². The zero-order valence-electron chi connectivity index (χ0n) is 13.8. The highest BCUT2D eigenvalue weighted by molar-refractivity contribution is 5.81. The van der Waals surface area contributed by atoms with E-state index in [1.165, 1.54) is 30.2 Å². The molecule has 4 aromatic rings. The van der Waals surface area contributed by atoms with E-state index < -0.39 is 0 Å². The Balaban J connectivity index is 1.42. The van der Waals surface area contributed by atoms with Gasteiger partial charge in [-0.1, -0.05) is 30.3 Å². The number of benzene rings is 2. The summed E-state index contributed by atoms with van der Waals surface area (Å²) < 4.78 is 3.99. The van der Waals surface area contributed by atoms with Crippen molar-refractivity contribution in [2.45, 2.75) is 25.2 Å². The van der Waals surface area contributed by atoms with Gasteiger partial charge in [0.1, 0.15) is 6.33 Å². The zero-order valence-corrected chi connectivity index (χ0v) is 13.8. The molecule has 2 aliphatic carbocycles. The van der Waals surface area contributed by atoms with Gasteiger partial charge in [-0.2, -0.15) is 5.10 Å². The SMILES string of the molecule is c1ccc(-n2cnc(-n3ncc4ccc(C5CC56CC6)cc43)c2)cc1. The molecular formula is C21H18N4. The van der Waals surface area contributed by atoms with Crippen LogP contribution in [0.4, 0.5) is 0 Å². The summed E-state index contributed by atoms with van der Waals surface area (Å²) in [5.41, 5.74) is 4.40. The van der Waals surface area contributed by atoms with Crippen molar-refractivity contribution in [2.24, 2.45) is 5.41 Å². The molecule has 2 aliphatic rings. The maximum absolute atomic E-state index is 4.59. The third-order valence-electron chi connectivity index (χ3n) is 5.92. The number of rotatable bonds is 3. The van der Waals surface area contributed by atoms with Crippen LogP contribution in [-0.2, 0) is 0 Å². The molecule has 0 radical (unpaired) electrons. The topological polar surface area (TPSA) is 35.6 Å². The second-order valence-corrected chi connectivity index (χ2v) is 7.47. The fourth-order valence-electron chi connectivity index (χ4n) is 4.13. The van der Waals surface area contributed by atoms with E-state index in [9.17, 15) is 0 Å². The predicted molar refractivity (Wildman–Crippen MR) is 97.2 cm³/mol. The molecular weight excluding hydrogens is 308 g/mol. The molecule has 2 heterocycles. The summed E-state index contributed by atoms with van der Waals surface area (Å²) in [6.45, 7) is 0. The van der Waals surface area contributed by atoms with Crippen molar-refractivity contribution in [3.8, 4) is 11.5 Å². The normalized spacial score (nSPS) is 20.2. The van der Waals surface area contributed by atoms with Crippen LogP contribution in [0.15, 0.2) is 67.3 Å². The van der Waals surface area contributed by atoms with Gasteiger partial charge in [-0.25, -0.2) is 9.67 Å². The first kappa shape index (κ1) is 13.4. The van der Waals surface area contributed by atoms with Gasteiger partial charge in [0.2, 0.25) is 0 Å². The number of hydrogen-bond donors (Lipinski definition) is 0. The predicted octanol–water partition coefficient (Wildman–Crippen LogP) is 4.48. The average molecular weight is 326 g/mol. The molecule has 4 heteroatoms. The fraction of sp³-hybridized carbons (Fsp3) is 0.238. The molecule has 122 valence electrons. The number of fused-ring (bicyclic) bond motifs is 1. The summed E-state index contributed by atoms with van der Waals surface area (Å²) in [6.07, 6.45) is 10.0. The van der Waals surface area contributed by atoms with E-state index in [0.29, 0.717) is 5.41 Å². The minimum atomic E-state index is 0.674. The van der Waals surface area contributed by atoms with Crippen LogP contribution in [0.2, 0.25) is 0 Å². The second kappa shape index (κ2) is 4.60. The van der Waals surface area contributed by atoms with Crippen LogP contribution in [0.3, 0.4) is 0 Å². The Bertz CT molecular complexity index is 1090. The van der Waals surface area contributed by atoms with E-state index in [1.54, 1.807) is 0 Å². The van der Waals surface area contributed by atoms with Gasteiger partial charge in [-0.15, -0.1) is 0 Å². The molecule has 2 aromatic heterocycles. The van der Waals surface area contributed by atoms with Gasteiger partial charge in [-0.05, 0) is 54.4 Å². The Hall–Kier alpha value is -2.88. The molecule has 0 bridgehead atoms. The smallest absolute Gasteiger partial charge is 0.172 e. The monoisotopic (exact) mass is 326 g/mol. The molecule has 0 saturated heterocycles. The third-order valence-corrected chi connectivity index (χ3v) is 5.92. The van der Waals surface area contributed by atoms with Gasteiger partial charge in [0, 0.05) is 11.1 Å². The average Bonchev–Trinajstić information content (AvgIpc) is 3.46. The quantitative estimate of drug-likeness (QED) is 0.556. The van der Waals surface area contributed by atoms with Crippen molar-refractivity contribution in [1.82, 2.24) is 19.3 Å². The molecule has 1 unspecified atom stereocenters. The molecule has 1 spiro atoms. The van der Waals surface area contributed by atoms with Crippen LogP contribution < -0.4 is 0 Å². The Morgan fingerprint density at radius 1 is 1.04 bits per heavy atom. The summed E-state index contributed by atoms with van der Waals surface area (Å²) in [6, 6.07) is 17.1. The Morgan fingerprint density at radius 3 is 2.72 bits per heavy atom. The number of aromatic nitrogens is 4. The number of hydrogen-bond acceptors (Lipinski definition) is 2. The molecule has 6 rings (SSSR count). The van der Waals surface area contributed by atoms with Crippen molar-refractivity contribution in [3.05, 3.63) is 72.8 Å². The molecule has 2 fully saturated rings. The molecule has 0 aliphatic heterocycles. The van der Waals surface area contributed by atoms with Crippen molar-refractivity contribution in [3.63, 3.8) is 0 Å². The first-order valence-electron chi connectivity index (χ1n) is 8.90. The summed E-state index contributed by atoms with van der Waals surface area (Å²) in [5.74, 6) is 1.62. The lowest BCUT2D eigenvalue weighted by atomic mass is 10.1. The summed E-state index contributed by atoms with van der Waals surface area (Å²) in [5, 5.41) is 5.76. The van der Waals surface area contributed by atoms with Crippen molar-refractivity contribution < 1.29 is 0 Å². The van der Waals surface area contributed by atoms with Gasteiger partial charge in [0.15, 0.2) is 5.82 Å².